The fourth-order valence-corrected chi connectivity index (χ4v) is 2.42. The number of rotatable bonds is 3. The zero-order chi connectivity index (χ0) is 12.7. The molecule has 5 heteroatoms. The number of hydrogen-bond donors (Lipinski definition) is 1. The zero-order valence-corrected chi connectivity index (χ0v) is 10.7. The molecule has 4 nitrogen and oxygen atoms in total. The van der Waals surface area contributed by atoms with Crippen LogP contribution in [0.4, 0.5) is 0 Å². The number of fused-ring (bicyclic) bond motifs is 1. The van der Waals surface area contributed by atoms with Gasteiger partial charge >= 0.3 is 5.97 Å². The van der Waals surface area contributed by atoms with Gasteiger partial charge in [-0.2, -0.15) is 0 Å². The van der Waals surface area contributed by atoms with Crippen molar-refractivity contribution < 1.29 is 9.53 Å². The van der Waals surface area contributed by atoms with Crippen LogP contribution in [-0.2, 0) is 9.53 Å². The Morgan fingerprint density at radius 2 is 2.44 bits per heavy atom. The molecule has 2 aromatic rings. The molecule has 1 aromatic carbocycles. The summed E-state index contributed by atoms with van der Waals surface area (Å²) < 4.78 is 5.01. The average molecular weight is 265 g/mol. The zero-order valence-electron chi connectivity index (χ0n) is 9.94. The highest BCUT2D eigenvalue weighted by atomic mass is 35.5. The smallest absolute Gasteiger partial charge is 0.309 e. The van der Waals surface area contributed by atoms with Crippen molar-refractivity contribution >= 4 is 28.6 Å². The number of benzene rings is 1. The van der Waals surface area contributed by atoms with Crippen molar-refractivity contribution in [2.45, 2.75) is 19.3 Å². The van der Waals surface area contributed by atoms with Crippen molar-refractivity contribution in [3.8, 4) is 0 Å². The van der Waals surface area contributed by atoms with Gasteiger partial charge in [0.15, 0.2) is 0 Å². The van der Waals surface area contributed by atoms with Crippen molar-refractivity contribution in [3.05, 3.63) is 29.0 Å². The molecule has 0 aliphatic heterocycles. The number of carbonyl (C=O) groups excluding carboxylic acids is 1. The van der Waals surface area contributed by atoms with Crippen molar-refractivity contribution in [2.24, 2.45) is 5.92 Å². The maximum Gasteiger partial charge on any atom is 0.309 e. The lowest BCUT2D eigenvalue weighted by molar-refractivity contribution is -0.144. The molecule has 1 saturated carbocycles. The van der Waals surface area contributed by atoms with E-state index in [0.717, 1.165) is 23.3 Å². The van der Waals surface area contributed by atoms with Crippen LogP contribution < -0.4 is 0 Å². The van der Waals surface area contributed by atoms with Crippen LogP contribution in [-0.4, -0.2) is 22.5 Å². The lowest BCUT2D eigenvalue weighted by atomic mass is 10.3. The standard InChI is InChI=1S/C13H13ClN2O2/c1-2-18-13(17)8-6-7(8)12-15-10-5-3-4-9(14)11(10)16-12/h3-5,7-8H,2,6H2,1H3,(H,15,16). The van der Waals surface area contributed by atoms with Gasteiger partial charge in [-0.3, -0.25) is 4.79 Å². The fourth-order valence-electron chi connectivity index (χ4n) is 2.20. The summed E-state index contributed by atoms with van der Waals surface area (Å²) in [6.45, 7) is 2.24. The monoisotopic (exact) mass is 264 g/mol. The second-order valence-corrected chi connectivity index (χ2v) is 4.87. The first kappa shape index (κ1) is 11.5. The Labute approximate surface area is 109 Å². The van der Waals surface area contributed by atoms with E-state index in [4.69, 9.17) is 16.3 Å². The molecule has 0 saturated heterocycles. The summed E-state index contributed by atoms with van der Waals surface area (Å²) in [7, 11) is 0. The van der Waals surface area contributed by atoms with Crippen LogP contribution in [0.1, 0.15) is 25.1 Å². The van der Waals surface area contributed by atoms with E-state index in [-0.39, 0.29) is 17.8 Å². The first-order chi connectivity index (χ1) is 8.70. The minimum Gasteiger partial charge on any atom is -0.466 e. The summed E-state index contributed by atoms with van der Waals surface area (Å²) in [5.41, 5.74) is 1.68. The van der Waals surface area contributed by atoms with Gasteiger partial charge in [0, 0.05) is 5.92 Å². The third-order valence-electron chi connectivity index (χ3n) is 3.21. The molecule has 0 spiro atoms. The number of halogens is 1. The minimum absolute atomic E-state index is 0.0516. The van der Waals surface area contributed by atoms with E-state index in [9.17, 15) is 4.79 Å². The quantitative estimate of drug-likeness (QED) is 0.868. The van der Waals surface area contributed by atoms with Crippen LogP contribution in [0.25, 0.3) is 11.0 Å². The molecule has 0 bridgehead atoms. The Balaban J connectivity index is 1.85. The lowest BCUT2D eigenvalue weighted by Gasteiger charge is -1.98. The maximum atomic E-state index is 11.6. The van der Waals surface area contributed by atoms with E-state index in [0.29, 0.717) is 11.6 Å². The molecule has 0 amide bonds. The number of nitrogens with zero attached hydrogens (tertiary/aromatic N) is 1. The Hall–Kier alpha value is -1.55. The number of nitrogens with one attached hydrogen (secondary N) is 1. The molecule has 1 N–H and O–H groups in total. The van der Waals surface area contributed by atoms with Crippen molar-refractivity contribution in [1.29, 1.82) is 0 Å². The summed E-state index contributed by atoms with van der Waals surface area (Å²) in [6, 6.07) is 5.62. The predicted molar refractivity (Wildman–Crippen MR) is 68.6 cm³/mol. The van der Waals surface area contributed by atoms with Gasteiger partial charge in [-0.05, 0) is 25.5 Å². The SMILES string of the molecule is CCOC(=O)C1CC1c1nc2c(Cl)cccc2[nH]1. The van der Waals surface area contributed by atoms with E-state index < -0.39 is 0 Å². The van der Waals surface area contributed by atoms with Crippen LogP contribution in [0, 0.1) is 5.92 Å². The number of esters is 1. The van der Waals surface area contributed by atoms with Gasteiger partial charge in [-0.1, -0.05) is 17.7 Å². The summed E-state index contributed by atoms with van der Waals surface area (Å²) in [6.07, 6.45) is 0.802. The number of carbonyl (C=O) groups is 1. The van der Waals surface area contributed by atoms with Gasteiger partial charge in [0.2, 0.25) is 0 Å². The van der Waals surface area contributed by atoms with E-state index in [1.807, 2.05) is 25.1 Å². The molecular weight excluding hydrogens is 252 g/mol. The molecule has 0 radical (unpaired) electrons. The molecule has 1 heterocycles. The van der Waals surface area contributed by atoms with Gasteiger partial charge in [0.25, 0.3) is 0 Å². The number of ether oxygens (including phenoxy) is 1. The van der Waals surface area contributed by atoms with Gasteiger partial charge in [0.1, 0.15) is 11.3 Å². The number of aromatic nitrogens is 2. The molecule has 2 unspecified atom stereocenters. The first-order valence-corrected chi connectivity index (χ1v) is 6.39. The van der Waals surface area contributed by atoms with Crippen LogP contribution in [0.15, 0.2) is 18.2 Å². The Morgan fingerprint density at radius 1 is 1.61 bits per heavy atom. The Kier molecular flexibility index (Phi) is 2.74. The third-order valence-corrected chi connectivity index (χ3v) is 3.52. The Morgan fingerprint density at radius 3 is 3.17 bits per heavy atom. The second kappa shape index (κ2) is 4.28. The summed E-state index contributed by atoms with van der Waals surface area (Å²) in [5.74, 6) is 0.794. The fraction of sp³-hybridized carbons (Fsp3) is 0.385. The predicted octanol–water partition coefficient (Wildman–Crippen LogP) is 2.88. The molecule has 2 atom stereocenters. The second-order valence-electron chi connectivity index (χ2n) is 4.46. The van der Waals surface area contributed by atoms with Crippen LogP contribution in [0.5, 0.6) is 0 Å². The lowest BCUT2D eigenvalue weighted by Crippen LogP contribution is -2.07. The number of para-hydroxylation sites is 1. The van der Waals surface area contributed by atoms with Crippen molar-refractivity contribution in [2.75, 3.05) is 6.61 Å². The Bertz CT molecular complexity index is 608. The van der Waals surface area contributed by atoms with Crippen molar-refractivity contribution in [3.63, 3.8) is 0 Å². The van der Waals surface area contributed by atoms with Gasteiger partial charge in [-0.15, -0.1) is 0 Å². The molecule has 1 aromatic heterocycles. The van der Waals surface area contributed by atoms with Gasteiger partial charge in [0.05, 0.1) is 23.1 Å². The summed E-state index contributed by atoms with van der Waals surface area (Å²) >= 11 is 6.07. The van der Waals surface area contributed by atoms with Crippen molar-refractivity contribution in [1.82, 2.24) is 9.97 Å². The molecule has 3 rings (SSSR count). The minimum atomic E-state index is -0.131. The van der Waals surface area contributed by atoms with Gasteiger partial charge in [-0.25, -0.2) is 4.98 Å². The van der Waals surface area contributed by atoms with Crippen LogP contribution in [0.3, 0.4) is 0 Å². The largest absolute Gasteiger partial charge is 0.466 e. The molecule has 1 aliphatic carbocycles. The molecule has 1 fully saturated rings. The number of aromatic amines is 1. The normalized spacial score (nSPS) is 22.1. The van der Waals surface area contributed by atoms with E-state index in [1.165, 1.54) is 0 Å². The summed E-state index contributed by atoms with van der Waals surface area (Å²) in [5, 5.41) is 0.628. The molecule has 1 aliphatic rings. The van der Waals surface area contributed by atoms with Crippen LogP contribution in [0.2, 0.25) is 5.02 Å². The first-order valence-electron chi connectivity index (χ1n) is 6.01. The highest BCUT2D eigenvalue weighted by Crippen LogP contribution is 2.47. The summed E-state index contributed by atoms with van der Waals surface area (Å²) in [4.78, 5) is 19.3. The number of imidazole rings is 1. The average Bonchev–Trinajstić information content (AvgIpc) is 3.03. The van der Waals surface area contributed by atoms with E-state index in [2.05, 4.69) is 9.97 Å². The number of H-pyrrole nitrogens is 1. The highest BCUT2D eigenvalue weighted by molar-refractivity contribution is 6.34. The third kappa shape index (κ3) is 1.86. The van der Waals surface area contributed by atoms with Crippen LogP contribution >= 0.6 is 11.6 Å². The van der Waals surface area contributed by atoms with E-state index >= 15 is 0 Å². The van der Waals surface area contributed by atoms with E-state index in [1.54, 1.807) is 0 Å². The highest BCUT2D eigenvalue weighted by Gasteiger charge is 2.47. The molecular formula is C13H13ClN2O2. The van der Waals surface area contributed by atoms with Gasteiger partial charge < -0.3 is 9.72 Å². The maximum absolute atomic E-state index is 11.6. The molecule has 18 heavy (non-hydrogen) atoms. The molecule has 94 valence electrons. The number of hydrogen-bond acceptors (Lipinski definition) is 3. The topological polar surface area (TPSA) is 55.0 Å².